The Kier molecular flexibility index (Phi) is 7.08. The average Bonchev–Trinajstić information content (AvgIpc) is 3.87. The number of nitrogens with one attached hydrogen (secondary N) is 1. The van der Waals surface area contributed by atoms with Crippen LogP contribution in [-0.2, 0) is 11.8 Å². The third-order valence-electron chi connectivity index (χ3n) is 7.63. The molecule has 9 nitrogen and oxygen atoms in total. The van der Waals surface area contributed by atoms with Crippen molar-refractivity contribution in [2.45, 2.75) is 45.1 Å². The van der Waals surface area contributed by atoms with E-state index in [1.807, 2.05) is 22.6 Å². The molecule has 0 atom stereocenters. The lowest BCUT2D eigenvalue weighted by molar-refractivity contribution is -0.121. The monoisotopic (exact) mass is 670 g/mol. The van der Waals surface area contributed by atoms with Gasteiger partial charge in [-0.25, -0.2) is 9.18 Å². The molecule has 41 heavy (non-hydrogen) atoms. The van der Waals surface area contributed by atoms with E-state index in [1.165, 1.54) is 32.9 Å². The first-order valence-electron chi connectivity index (χ1n) is 13.5. The molecule has 0 aliphatic heterocycles. The number of fused-ring (bicyclic) bond motifs is 1. The summed E-state index contributed by atoms with van der Waals surface area (Å²) in [6, 6.07) is 11.0. The van der Waals surface area contributed by atoms with Gasteiger partial charge in [0, 0.05) is 34.7 Å². The number of carbonyl (C=O) groups is 1. The first kappa shape index (κ1) is 27.4. The topological polar surface area (TPSA) is 104 Å². The fraction of sp³-hybridized carbons (Fsp3) is 0.333. The molecule has 2 aromatic heterocycles. The number of ether oxygens (including phenoxy) is 1. The number of ketones is 1. The van der Waals surface area contributed by atoms with Crippen LogP contribution in [0.5, 0.6) is 5.75 Å². The van der Waals surface area contributed by atoms with Crippen LogP contribution in [0.2, 0.25) is 0 Å². The highest BCUT2D eigenvalue weighted by atomic mass is 127. The third-order valence-corrected chi connectivity index (χ3v) is 8.30. The zero-order chi connectivity index (χ0) is 29.0. The highest BCUT2D eigenvalue weighted by molar-refractivity contribution is 14.1. The van der Waals surface area contributed by atoms with Crippen molar-refractivity contribution in [3.63, 3.8) is 0 Å². The van der Waals surface area contributed by atoms with Crippen molar-refractivity contribution in [1.29, 1.82) is 0 Å². The molecule has 0 saturated heterocycles. The predicted octanol–water partition coefficient (Wildman–Crippen LogP) is 4.73. The molecule has 0 spiro atoms. The summed E-state index contributed by atoms with van der Waals surface area (Å²) in [5.74, 6) is 0.390. The van der Waals surface area contributed by atoms with Crippen LogP contribution >= 0.6 is 22.6 Å². The normalized spacial score (nSPS) is 14.8. The second kappa shape index (κ2) is 10.6. The smallest absolute Gasteiger partial charge is 0.336 e. The first-order chi connectivity index (χ1) is 19.6. The molecule has 0 unspecified atom stereocenters. The zero-order valence-electron chi connectivity index (χ0n) is 22.6. The van der Waals surface area contributed by atoms with Crippen molar-refractivity contribution in [3.8, 4) is 11.4 Å². The van der Waals surface area contributed by atoms with Crippen LogP contribution in [0, 0.1) is 22.2 Å². The molecule has 2 aliphatic carbocycles. The van der Waals surface area contributed by atoms with E-state index in [1.54, 1.807) is 37.3 Å². The maximum atomic E-state index is 14.9. The van der Waals surface area contributed by atoms with Crippen LogP contribution < -0.4 is 26.9 Å². The number of nitrogens with zero attached hydrogens (tertiary/aromatic N) is 3. The average molecular weight is 670 g/mol. The van der Waals surface area contributed by atoms with Crippen molar-refractivity contribution in [1.82, 2.24) is 13.7 Å². The molecule has 2 saturated carbocycles. The number of anilines is 2. The first-order valence-corrected chi connectivity index (χ1v) is 14.6. The Hall–Kier alpha value is -3.74. The van der Waals surface area contributed by atoms with Gasteiger partial charge in [0.2, 0.25) is 0 Å². The van der Waals surface area contributed by atoms with E-state index in [2.05, 4.69) is 5.32 Å². The number of aromatic nitrogens is 3. The van der Waals surface area contributed by atoms with Gasteiger partial charge in [-0.1, -0.05) is 6.07 Å². The van der Waals surface area contributed by atoms with Gasteiger partial charge in [0.15, 0.2) is 5.78 Å². The van der Waals surface area contributed by atoms with Crippen molar-refractivity contribution in [3.05, 3.63) is 88.6 Å². The van der Waals surface area contributed by atoms with Crippen LogP contribution in [0.4, 0.5) is 15.9 Å². The second-order valence-electron chi connectivity index (χ2n) is 10.8. The minimum atomic E-state index is -0.574. The van der Waals surface area contributed by atoms with Crippen LogP contribution in [-0.4, -0.2) is 26.1 Å². The molecule has 4 aromatic rings. The molecule has 2 aliphatic rings. The fourth-order valence-electron chi connectivity index (χ4n) is 5.15. The van der Waals surface area contributed by atoms with Crippen molar-refractivity contribution in [2.24, 2.45) is 13.0 Å². The number of rotatable bonds is 9. The Morgan fingerprint density at radius 3 is 2.51 bits per heavy atom. The van der Waals surface area contributed by atoms with Gasteiger partial charge in [-0.05, 0) is 91.4 Å². The van der Waals surface area contributed by atoms with Gasteiger partial charge in [-0.2, -0.15) is 0 Å². The number of carbonyl (C=O) groups excluding carboxylic acids is 1. The van der Waals surface area contributed by atoms with Gasteiger partial charge in [-0.15, -0.1) is 0 Å². The minimum Gasteiger partial charge on any atom is -0.486 e. The van der Waals surface area contributed by atoms with Gasteiger partial charge >= 0.3 is 5.69 Å². The molecule has 0 radical (unpaired) electrons. The molecule has 0 amide bonds. The molecule has 6 rings (SSSR count). The molecule has 11 heteroatoms. The number of halogens is 2. The lowest BCUT2D eigenvalue weighted by Crippen LogP contribution is -2.41. The molecule has 2 heterocycles. The lowest BCUT2D eigenvalue weighted by Gasteiger charge is -2.21. The molecule has 212 valence electrons. The van der Waals surface area contributed by atoms with Gasteiger partial charge < -0.3 is 10.1 Å². The third kappa shape index (κ3) is 5.22. The number of aryl methyl sites for hydroxylation is 1. The summed E-state index contributed by atoms with van der Waals surface area (Å²) in [6.07, 6.45) is 3.98. The second-order valence-corrected chi connectivity index (χ2v) is 12.1. The number of hydrogen-bond donors (Lipinski definition) is 1. The molecule has 2 fully saturated rings. The van der Waals surface area contributed by atoms with Gasteiger partial charge in [0.05, 0.1) is 16.9 Å². The molecule has 2 aromatic carbocycles. The summed E-state index contributed by atoms with van der Waals surface area (Å²) >= 11 is 2.00. The van der Waals surface area contributed by atoms with E-state index in [0.29, 0.717) is 40.2 Å². The Morgan fingerprint density at radius 1 is 1.07 bits per heavy atom. The Labute approximate surface area is 247 Å². The number of pyridine rings is 1. The highest BCUT2D eigenvalue weighted by Gasteiger charge is 2.32. The highest BCUT2D eigenvalue weighted by Crippen LogP contribution is 2.35. The molecule has 0 bridgehead atoms. The number of Topliss-reactive ketones (excluding diaryl/α,β-unsaturated/α-hetero) is 1. The Morgan fingerprint density at radius 2 is 1.83 bits per heavy atom. The van der Waals surface area contributed by atoms with Gasteiger partial charge in [-0.3, -0.25) is 28.1 Å². The van der Waals surface area contributed by atoms with Gasteiger partial charge in [0.1, 0.15) is 29.4 Å². The van der Waals surface area contributed by atoms with Crippen molar-refractivity contribution in [2.75, 3.05) is 11.9 Å². The van der Waals surface area contributed by atoms with E-state index in [9.17, 15) is 23.6 Å². The van der Waals surface area contributed by atoms with Gasteiger partial charge in [0.25, 0.3) is 11.1 Å². The lowest BCUT2D eigenvalue weighted by atomic mass is 10.1. The summed E-state index contributed by atoms with van der Waals surface area (Å²) < 4.78 is 25.2. The minimum absolute atomic E-state index is 0.0145. The standard InChI is InChI=1S/C30H28FIN4O5/c1-16-26-25(27(34(2)28(16)38)33-24-11-8-18(32)13-23(24)31)29(39)36(19-9-10-19)30(40)35(26)20-4-3-5-22(14-20)41-15-21(37)12-17-6-7-17/h3-5,8,11,13-14,17,19,33H,6-7,9-10,12,15H2,1-2H3. The quantitative estimate of drug-likeness (QED) is 0.259. The molecule has 1 N–H and O–H groups in total. The van der Waals surface area contributed by atoms with Crippen LogP contribution in [0.1, 0.15) is 43.7 Å². The summed E-state index contributed by atoms with van der Waals surface area (Å²) in [5, 5.41) is 3.06. The van der Waals surface area contributed by atoms with Crippen LogP contribution in [0.25, 0.3) is 16.6 Å². The summed E-state index contributed by atoms with van der Waals surface area (Å²) in [6.45, 7) is 1.49. The van der Waals surface area contributed by atoms with Crippen LogP contribution in [0.3, 0.4) is 0 Å². The predicted molar refractivity (Wildman–Crippen MR) is 162 cm³/mol. The van der Waals surface area contributed by atoms with Crippen LogP contribution in [0.15, 0.2) is 56.8 Å². The maximum absolute atomic E-state index is 14.9. The fourth-order valence-corrected chi connectivity index (χ4v) is 5.61. The number of hydrogen-bond acceptors (Lipinski definition) is 6. The largest absolute Gasteiger partial charge is 0.486 e. The van der Waals surface area contributed by atoms with E-state index in [0.717, 1.165) is 12.8 Å². The molecular formula is C30H28FIN4O5. The van der Waals surface area contributed by atoms with E-state index in [-0.39, 0.29) is 46.4 Å². The SMILES string of the molecule is Cc1c(=O)n(C)c(Nc2ccc(I)cc2F)c2c(=O)n(C3CC3)c(=O)n(-c3cccc(OCC(=O)CC4CC4)c3)c12. The van der Waals surface area contributed by atoms with E-state index < -0.39 is 22.6 Å². The van der Waals surface area contributed by atoms with E-state index in [4.69, 9.17) is 4.74 Å². The summed E-state index contributed by atoms with van der Waals surface area (Å²) in [7, 11) is 1.51. The summed E-state index contributed by atoms with van der Waals surface area (Å²) in [4.78, 5) is 53.6. The molecular weight excluding hydrogens is 642 g/mol. The van der Waals surface area contributed by atoms with Crippen molar-refractivity contribution < 1.29 is 13.9 Å². The van der Waals surface area contributed by atoms with E-state index >= 15 is 0 Å². The van der Waals surface area contributed by atoms with Crippen molar-refractivity contribution >= 4 is 50.8 Å². The Balaban J connectivity index is 1.55. The zero-order valence-corrected chi connectivity index (χ0v) is 24.7. The maximum Gasteiger partial charge on any atom is 0.336 e. The summed E-state index contributed by atoms with van der Waals surface area (Å²) in [5.41, 5.74) is -0.768. The Bertz CT molecular complexity index is 1900. The number of benzene rings is 2.